The monoisotopic (exact) mass is 702 g/mol. The standard InChI is InChI=1S/C34H46N4O7.BrH/c1-7-9-12-44-31-26(34(3,4)5)13-21(14-27(31)37-11-10-23(18-37)45-20-30(40)41)28(39)19-38-17-22-15-29(43-8-2)25(33(42)36-6)16-24(22)32(38)35;/h13-16,23,35H,7-12,17-20H2,1-6H3,(H,36,42)(H,40,41);1H. The van der Waals surface area contributed by atoms with Crippen molar-refractivity contribution < 1.29 is 33.7 Å². The van der Waals surface area contributed by atoms with Crippen molar-refractivity contribution in [2.45, 2.75) is 71.9 Å². The maximum atomic E-state index is 14.0. The molecule has 2 heterocycles. The third-order valence-corrected chi connectivity index (χ3v) is 8.12. The number of benzene rings is 2. The van der Waals surface area contributed by atoms with Crippen LogP contribution in [0.2, 0.25) is 0 Å². The topological polar surface area (TPSA) is 141 Å². The lowest BCUT2D eigenvalue weighted by Crippen LogP contribution is -2.31. The van der Waals surface area contributed by atoms with Crippen LogP contribution in [0.3, 0.4) is 0 Å². The molecule has 1 atom stereocenters. The molecule has 1 unspecified atom stereocenters. The van der Waals surface area contributed by atoms with E-state index in [1.807, 2.05) is 19.1 Å². The van der Waals surface area contributed by atoms with Crippen LogP contribution in [0.25, 0.3) is 0 Å². The Morgan fingerprint density at radius 1 is 1.11 bits per heavy atom. The largest absolute Gasteiger partial charge is 0.493 e. The van der Waals surface area contributed by atoms with Gasteiger partial charge in [0.15, 0.2) is 5.78 Å². The third-order valence-electron chi connectivity index (χ3n) is 8.12. The first-order chi connectivity index (χ1) is 21.4. The Morgan fingerprint density at radius 2 is 1.85 bits per heavy atom. The molecule has 2 aliphatic heterocycles. The Hall–Kier alpha value is -3.64. The average molecular weight is 704 g/mol. The van der Waals surface area contributed by atoms with Crippen molar-refractivity contribution in [3.05, 3.63) is 52.1 Å². The minimum atomic E-state index is -1.01. The van der Waals surface area contributed by atoms with E-state index in [0.29, 0.717) is 61.7 Å². The summed E-state index contributed by atoms with van der Waals surface area (Å²) in [6.45, 7) is 12.2. The molecule has 0 spiro atoms. The number of carboxylic acids is 1. The van der Waals surface area contributed by atoms with Gasteiger partial charge in [-0.3, -0.25) is 15.0 Å². The van der Waals surface area contributed by atoms with E-state index in [-0.39, 0.29) is 59.2 Å². The van der Waals surface area contributed by atoms with Gasteiger partial charge >= 0.3 is 5.97 Å². The first kappa shape index (κ1) is 36.8. The molecule has 1 saturated heterocycles. The highest BCUT2D eigenvalue weighted by Crippen LogP contribution is 2.42. The molecule has 0 saturated carbocycles. The number of carbonyl (C=O) groups excluding carboxylic acids is 2. The van der Waals surface area contributed by atoms with Crippen molar-refractivity contribution in [1.29, 1.82) is 5.41 Å². The van der Waals surface area contributed by atoms with E-state index in [1.54, 1.807) is 24.1 Å². The van der Waals surface area contributed by atoms with Crippen molar-refractivity contribution in [3.8, 4) is 11.5 Å². The van der Waals surface area contributed by atoms with Crippen molar-refractivity contribution in [1.82, 2.24) is 10.2 Å². The van der Waals surface area contributed by atoms with E-state index in [2.05, 4.69) is 37.9 Å². The van der Waals surface area contributed by atoms with Crippen LogP contribution in [0.1, 0.15) is 91.3 Å². The molecule has 11 nitrogen and oxygen atoms in total. The third kappa shape index (κ3) is 8.38. The highest BCUT2D eigenvalue weighted by Gasteiger charge is 2.33. The number of hydrogen-bond acceptors (Lipinski definition) is 8. The molecule has 2 aromatic carbocycles. The first-order valence-corrected chi connectivity index (χ1v) is 15.7. The number of fused-ring (bicyclic) bond motifs is 1. The van der Waals surface area contributed by atoms with E-state index < -0.39 is 5.97 Å². The van der Waals surface area contributed by atoms with Crippen molar-refractivity contribution in [3.63, 3.8) is 0 Å². The highest BCUT2D eigenvalue weighted by atomic mass is 79.9. The number of hydrogen-bond donors (Lipinski definition) is 3. The summed E-state index contributed by atoms with van der Waals surface area (Å²) in [7, 11) is 1.55. The van der Waals surface area contributed by atoms with Crippen LogP contribution in [0, 0.1) is 5.41 Å². The lowest BCUT2D eigenvalue weighted by atomic mass is 9.84. The Labute approximate surface area is 281 Å². The number of ketones is 1. The van der Waals surface area contributed by atoms with Gasteiger partial charge in [-0.1, -0.05) is 34.1 Å². The molecule has 0 aromatic heterocycles. The number of nitrogens with one attached hydrogen (secondary N) is 2. The number of halogens is 1. The van der Waals surface area contributed by atoms with Crippen LogP contribution in [0.15, 0.2) is 24.3 Å². The van der Waals surface area contributed by atoms with Gasteiger partial charge in [0.2, 0.25) is 0 Å². The smallest absolute Gasteiger partial charge is 0.329 e. The van der Waals surface area contributed by atoms with Crippen LogP contribution >= 0.6 is 17.0 Å². The minimum absolute atomic E-state index is 0. The number of unbranched alkanes of at least 4 members (excludes halogenated alkanes) is 1. The number of ether oxygens (including phenoxy) is 3. The SMILES string of the molecule is Br.CCCCOc1c(N2CCC(OCC(=O)O)C2)cc(C(=O)CN2Cc3cc(OCC)c(C(=O)NC)cc3C2=N)cc1C(C)(C)C. The zero-order chi connectivity index (χ0) is 32.9. The van der Waals surface area contributed by atoms with Gasteiger partial charge in [0.05, 0.1) is 37.1 Å². The molecule has 4 rings (SSSR count). The summed E-state index contributed by atoms with van der Waals surface area (Å²) in [5, 5.41) is 20.6. The fourth-order valence-corrected chi connectivity index (χ4v) is 5.72. The van der Waals surface area contributed by atoms with E-state index >= 15 is 0 Å². The van der Waals surface area contributed by atoms with E-state index in [1.165, 1.54) is 0 Å². The first-order valence-electron chi connectivity index (χ1n) is 15.7. The van der Waals surface area contributed by atoms with Gasteiger partial charge in [-0.25, -0.2) is 4.79 Å². The summed E-state index contributed by atoms with van der Waals surface area (Å²) in [5.41, 5.74) is 3.65. The number of rotatable bonds is 14. The normalized spacial score (nSPS) is 15.8. The molecule has 0 bridgehead atoms. The van der Waals surface area contributed by atoms with Crippen molar-refractivity contribution >= 4 is 46.2 Å². The molecule has 3 N–H and O–H groups in total. The predicted molar refractivity (Wildman–Crippen MR) is 183 cm³/mol. The quantitative estimate of drug-likeness (QED) is 0.179. The minimum Gasteiger partial charge on any atom is -0.493 e. The second kappa shape index (κ2) is 15.8. The molecule has 2 aromatic rings. The van der Waals surface area contributed by atoms with Gasteiger partial charge in [-0.15, -0.1) is 17.0 Å². The fraction of sp³-hybridized carbons (Fsp3) is 0.529. The summed E-state index contributed by atoms with van der Waals surface area (Å²) < 4.78 is 17.7. The number of Topliss-reactive ketones (excluding diaryl/α,β-unsaturated/α-hetero) is 1. The van der Waals surface area contributed by atoms with E-state index in [9.17, 15) is 14.4 Å². The Bertz CT molecular complexity index is 1460. The number of amides is 1. The zero-order valence-corrected chi connectivity index (χ0v) is 29.4. The second-order valence-corrected chi connectivity index (χ2v) is 12.5. The number of amidine groups is 1. The maximum Gasteiger partial charge on any atom is 0.329 e. The molecule has 0 radical (unpaired) electrons. The molecule has 12 heteroatoms. The number of carboxylic acid groups (broad SMARTS) is 1. The van der Waals surface area contributed by atoms with E-state index in [4.69, 9.17) is 24.7 Å². The number of anilines is 1. The van der Waals surface area contributed by atoms with Crippen molar-refractivity contribution in [2.75, 3.05) is 51.4 Å². The number of carbonyl (C=O) groups is 3. The van der Waals surface area contributed by atoms with Gasteiger partial charge in [0.25, 0.3) is 5.91 Å². The molecular formula is C34H47BrN4O7. The van der Waals surface area contributed by atoms with Crippen molar-refractivity contribution in [2.24, 2.45) is 0 Å². The van der Waals surface area contributed by atoms with Crippen LogP contribution in [-0.2, 0) is 21.5 Å². The summed E-state index contributed by atoms with van der Waals surface area (Å²) in [4.78, 5) is 41.4. The molecule has 0 aliphatic carbocycles. The van der Waals surface area contributed by atoms with Gasteiger partial charge in [0, 0.05) is 43.4 Å². The predicted octanol–water partition coefficient (Wildman–Crippen LogP) is 5.20. The summed E-state index contributed by atoms with van der Waals surface area (Å²) in [6.07, 6.45) is 2.28. The lowest BCUT2D eigenvalue weighted by Gasteiger charge is -2.30. The van der Waals surface area contributed by atoms with Gasteiger partial charge < -0.3 is 34.4 Å². The van der Waals surface area contributed by atoms with Crippen LogP contribution in [0.4, 0.5) is 5.69 Å². The van der Waals surface area contributed by atoms with Crippen LogP contribution < -0.4 is 19.7 Å². The summed E-state index contributed by atoms with van der Waals surface area (Å²) in [5.74, 6) is -0.0872. The lowest BCUT2D eigenvalue weighted by molar-refractivity contribution is -0.143. The van der Waals surface area contributed by atoms with Gasteiger partial charge in [-0.05, 0) is 55.0 Å². The van der Waals surface area contributed by atoms with Crippen LogP contribution in [-0.4, -0.2) is 86.1 Å². The van der Waals surface area contributed by atoms with Gasteiger partial charge in [-0.2, -0.15) is 0 Å². The fourth-order valence-electron chi connectivity index (χ4n) is 5.72. The zero-order valence-electron chi connectivity index (χ0n) is 27.7. The maximum absolute atomic E-state index is 14.0. The Balaban J connectivity index is 0.00000576. The highest BCUT2D eigenvalue weighted by molar-refractivity contribution is 8.93. The molecule has 2 aliphatic rings. The second-order valence-electron chi connectivity index (χ2n) is 12.5. The van der Waals surface area contributed by atoms with Gasteiger partial charge in [0.1, 0.15) is 23.9 Å². The Morgan fingerprint density at radius 3 is 2.48 bits per heavy atom. The molecule has 1 amide bonds. The van der Waals surface area contributed by atoms with E-state index in [0.717, 1.165) is 35.4 Å². The van der Waals surface area contributed by atoms with Crippen LogP contribution in [0.5, 0.6) is 11.5 Å². The summed E-state index contributed by atoms with van der Waals surface area (Å²) >= 11 is 0. The Kier molecular flexibility index (Phi) is 12.6. The molecule has 1 fully saturated rings. The molecule has 252 valence electrons. The molecule has 46 heavy (non-hydrogen) atoms. The average Bonchev–Trinajstić information content (AvgIpc) is 3.59. The molecular weight excluding hydrogens is 656 g/mol. The number of nitrogens with zero attached hydrogens (tertiary/aromatic N) is 2. The number of aliphatic carboxylic acids is 1. The summed E-state index contributed by atoms with van der Waals surface area (Å²) in [6, 6.07) is 7.23.